The van der Waals surface area contributed by atoms with E-state index < -0.39 is 0 Å². The van der Waals surface area contributed by atoms with Crippen LogP contribution in [0.15, 0.2) is 48.5 Å². The monoisotopic (exact) mass is 344 g/mol. The topological polar surface area (TPSA) is 52.6 Å². The third-order valence-electron chi connectivity index (χ3n) is 3.56. The van der Waals surface area contributed by atoms with Gasteiger partial charge >= 0.3 is 0 Å². The number of phenolic OH excluding ortho intramolecular Hbond substituents is 1. The Kier molecular flexibility index (Phi) is 4.54. The van der Waals surface area contributed by atoms with Crippen molar-refractivity contribution in [3.05, 3.63) is 54.1 Å². The molecule has 6 heteroatoms. The van der Waals surface area contributed by atoms with Gasteiger partial charge in [-0.25, -0.2) is 0 Å². The molecule has 1 atom stereocenters. The number of carbonyl (C=O) groups excluding carboxylic acids is 1. The van der Waals surface area contributed by atoms with Crippen molar-refractivity contribution in [3.8, 4) is 5.75 Å². The Morgan fingerprint density at radius 1 is 1.26 bits per heavy atom. The predicted octanol–water partition coefficient (Wildman–Crippen LogP) is 3.55. The molecule has 1 unspecified atom stereocenters. The maximum absolute atomic E-state index is 12.6. The molecule has 0 aliphatic carbocycles. The van der Waals surface area contributed by atoms with E-state index in [0.29, 0.717) is 16.6 Å². The SMILES string of the molecule is Cc1cccc(N2C(=O)C(CNc3ccccc3O)SC2=S)c1. The molecule has 1 aliphatic heterocycles. The third kappa shape index (κ3) is 3.33. The molecule has 2 aromatic carbocycles. The summed E-state index contributed by atoms with van der Waals surface area (Å²) in [6.07, 6.45) is 0. The first-order valence-electron chi connectivity index (χ1n) is 7.19. The number of hydrogen-bond donors (Lipinski definition) is 2. The zero-order valence-electron chi connectivity index (χ0n) is 12.5. The number of phenols is 1. The van der Waals surface area contributed by atoms with Gasteiger partial charge < -0.3 is 10.4 Å². The lowest BCUT2D eigenvalue weighted by Crippen LogP contribution is -2.33. The number of rotatable bonds is 4. The predicted molar refractivity (Wildman–Crippen MR) is 99.2 cm³/mol. The van der Waals surface area contributed by atoms with Crippen molar-refractivity contribution >= 4 is 45.6 Å². The molecule has 23 heavy (non-hydrogen) atoms. The van der Waals surface area contributed by atoms with Crippen LogP contribution in [0.3, 0.4) is 0 Å². The van der Waals surface area contributed by atoms with Gasteiger partial charge in [0.2, 0.25) is 5.91 Å². The second-order valence-corrected chi connectivity index (χ2v) is 7.12. The summed E-state index contributed by atoms with van der Waals surface area (Å²) >= 11 is 6.74. The highest BCUT2D eigenvalue weighted by atomic mass is 32.2. The summed E-state index contributed by atoms with van der Waals surface area (Å²) < 4.78 is 0.560. The number of aromatic hydroxyl groups is 1. The summed E-state index contributed by atoms with van der Waals surface area (Å²) in [5.41, 5.74) is 2.50. The highest BCUT2D eigenvalue weighted by Gasteiger charge is 2.37. The van der Waals surface area contributed by atoms with Gasteiger partial charge in [-0.2, -0.15) is 0 Å². The average Bonchev–Trinajstić information content (AvgIpc) is 2.81. The van der Waals surface area contributed by atoms with E-state index in [9.17, 15) is 9.90 Å². The molecule has 0 aromatic heterocycles. The van der Waals surface area contributed by atoms with Crippen molar-refractivity contribution in [1.29, 1.82) is 0 Å². The molecule has 1 amide bonds. The van der Waals surface area contributed by atoms with Gasteiger partial charge in [0.15, 0.2) is 0 Å². The van der Waals surface area contributed by atoms with Crippen LogP contribution in [0.5, 0.6) is 5.75 Å². The number of amides is 1. The Balaban J connectivity index is 1.73. The first kappa shape index (κ1) is 15.8. The van der Waals surface area contributed by atoms with E-state index in [1.807, 2.05) is 37.3 Å². The van der Waals surface area contributed by atoms with Crippen LogP contribution in [-0.2, 0) is 4.79 Å². The molecule has 2 N–H and O–H groups in total. The largest absolute Gasteiger partial charge is 0.506 e. The van der Waals surface area contributed by atoms with Crippen LogP contribution < -0.4 is 10.2 Å². The third-order valence-corrected chi connectivity index (χ3v) is 5.07. The maximum Gasteiger partial charge on any atom is 0.247 e. The molecule has 1 fully saturated rings. The molecule has 0 bridgehead atoms. The van der Waals surface area contributed by atoms with E-state index in [2.05, 4.69) is 5.32 Å². The van der Waals surface area contributed by atoms with Crippen LogP contribution in [0.25, 0.3) is 0 Å². The molecule has 4 nitrogen and oxygen atoms in total. The zero-order chi connectivity index (χ0) is 16.4. The number of nitrogens with zero attached hydrogens (tertiary/aromatic N) is 1. The van der Waals surface area contributed by atoms with Crippen molar-refractivity contribution in [2.45, 2.75) is 12.2 Å². The minimum atomic E-state index is -0.303. The van der Waals surface area contributed by atoms with Crippen LogP contribution in [0.2, 0.25) is 0 Å². The fourth-order valence-electron chi connectivity index (χ4n) is 2.41. The fourth-order valence-corrected chi connectivity index (χ4v) is 3.87. The van der Waals surface area contributed by atoms with Gasteiger partial charge in [-0.15, -0.1) is 0 Å². The number of aryl methyl sites for hydroxylation is 1. The number of anilines is 2. The Bertz CT molecular complexity index is 764. The molecule has 0 radical (unpaired) electrons. The van der Waals surface area contributed by atoms with Gasteiger partial charge in [0.25, 0.3) is 0 Å². The number of carbonyl (C=O) groups is 1. The van der Waals surface area contributed by atoms with Crippen molar-refractivity contribution in [2.75, 3.05) is 16.8 Å². The lowest BCUT2D eigenvalue weighted by Gasteiger charge is -2.16. The van der Waals surface area contributed by atoms with E-state index >= 15 is 0 Å². The summed E-state index contributed by atoms with van der Waals surface area (Å²) in [4.78, 5) is 14.2. The summed E-state index contributed by atoms with van der Waals surface area (Å²) in [7, 11) is 0. The van der Waals surface area contributed by atoms with E-state index in [1.54, 1.807) is 23.1 Å². The summed E-state index contributed by atoms with van der Waals surface area (Å²) in [5, 5.41) is 12.6. The fraction of sp³-hybridized carbons (Fsp3) is 0.176. The van der Waals surface area contributed by atoms with E-state index in [0.717, 1.165) is 11.3 Å². The Morgan fingerprint density at radius 2 is 2.04 bits per heavy atom. The minimum absolute atomic E-state index is 0.0338. The molecule has 1 aliphatic rings. The number of para-hydroxylation sites is 2. The Morgan fingerprint density at radius 3 is 2.78 bits per heavy atom. The molecular formula is C17H16N2O2S2. The van der Waals surface area contributed by atoms with Gasteiger partial charge in [0.05, 0.1) is 11.4 Å². The van der Waals surface area contributed by atoms with E-state index in [1.165, 1.54) is 11.8 Å². The second-order valence-electron chi connectivity index (χ2n) is 5.28. The molecule has 1 saturated heterocycles. The van der Waals surface area contributed by atoms with Crippen molar-refractivity contribution in [2.24, 2.45) is 0 Å². The van der Waals surface area contributed by atoms with Gasteiger partial charge in [-0.1, -0.05) is 48.2 Å². The minimum Gasteiger partial charge on any atom is -0.506 e. The summed E-state index contributed by atoms with van der Waals surface area (Å²) in [5.74, 6) is 0.134. The first-order chi connectivity index (χ1) is 11.1. The Labute approximate surface area is 144 Å². The molecule has 2 aromatic rings. The lowest BCUT2D eigenvalue weighted by atomic mass is 10.2. The van der Waals surface area contributed by atoms with E-state index in [4.69, 9.17) is 12.2 Å². The van der Waals surface area contributed by atoms with Crippen LogP contribution in [0.4, 0.5) is 11.4 Å². The first-order valence-corrected chi connectivity index (χ1v) is 8.48. The van der Waals surface area contributed by atoms with Gasteiger partial charge in [0, 0.05) is 6.54 Å². The lowest BCUT2D eigenvalue weighted by molar-refractivity contribution is -0.116. The number of hydrogen-bond acceptors (Lipinski definition) is 5. The van der Waals surface area contributed by atoms with Crippen molar-refractivity contribution in [3.63, 3.8) is 0 Å². The van der Waals surface area contributed by atoms with Crippen molar-refractivity contribution < 1.29 is 9.90 Å². The molecule has 0 saturated carbocycles. The van der Waals surface area contributed by atoms with Crippen molar-refractivity contribution in [1.82, 2.24) is 0 Å². The molecule has 3 rings (SSSR count). The average molecular weight is 344 g/mol. The number of thiocarbonyl (C=S) groups is 1. The normalized spacial score (nSPS) is 17.6. The molecule has 118 valence electrons. The second kappa shape index (κ2) is 6.60. The van der Waals surface area contributed by atoms with Crippen LogP contribution in [0.1, 0.15) is 5.56 Å². The van der Waals surface area contributed by atoms with Gasteiger partial charge in [0.1, 0.15) is 15.3 Å². The standard InChI is InChI=1S/C17H16N2O2S2/c1-11-5-4-6-12(9-11)19-16(21)15(23-17(19)22)10-18-13-7-2-3-8-14(13)20/h2-9,15,18,20H,10H2,1H3. The highest BCUT2D eigenvalue weighted by Crippen LogP contribution is 2.33. The number of benzene rings is 2. The van der Waals surface area contributed by atoms with E-state index in [-0.39, 0.29) is 16.9 Å². The maximum atomic E-state index is 12.6. The molecule has 0 spiro atoms. The van der Waals surface area contributed by atoms with Crippen LogP contribution in [-0.4, -0.2) is 27.1 Å². The highest BCUT2D eigenvalue weighted by molar-refractivity contribution is 8.25. The summed E-state index contributed by atoms with van der Waals surface area (Å²) in [6.45, 7) is 2.39. The Hall–Kier alpha value is -2.05. The molecular weight excluding hydrogens is 328 g/mol. The zero-order valence-corrected chi connectivity index (χ0v) is 14.2. The smallest absolute Gasteiger partial charge is 0.247 e. The summed E-state index contributed by atoms with van der Waals surface area (Å²) in [6, 6.07) is 14.7. The quantitative estimate of drug-likeness (QED) is 0.656. The van der Waals surface area contributed by atoms with Crippen LogP contribution >= 0.6 is 24.0 Å². The molecule has 1 heterocycles. The van der Waals surface area contributed by atoms with Gasteiger partial charge in [-0.3, -0.25) is 9.69 Å². The number of thioether (sulfide) groups is 1. The van der Waals surface area contributed by atoms with Gasteiger partial charge in [-0.05, 0) is 36.8 Å². The number of nitrogens with one attached hydrogen (secondary N) is 1. The van der Waals surface area contributed by atoms with Crippen LogP contribution in [0, 0.1) is 6.92 Å².